The van der Waals surface area contributed by atoms with Crippen LogP contribution in [0.4, 0.5) is 0 Å². The molecule has 3 nitrogen and oxygen atoms in total. The Hall–Kier alpha value is -0.450. The first-order valence-electron chi connectivity index (χ1n) is 6.09. The quantitative estimate of drug-likeness (QED) is 0.773. The third kappa shape index (κ3) is 5.15. The highest BCUT2D eigenvalue weighted by Crippen LogP contribution is 2.07. The fourth-order valence-corrected chi connectivity index (χ4v) is 2.47. The Bertz CT molecular complexity index is 290. The van der Waals surface area contributed by atoms with Gasteiger partial charge >= 0.3 is 0 Å². The first-order chi connectivity index (χ1) is 8.15. The van der Waals surface area contributed by atoms with Crippen molar-refractivity contribution in [3.63, 3.8) is 0 Å². The van der Waals surface area contributed by atoms with Crippen LogP contribution in [0.2, 0.25) is 0 Å². The summed E-state index contributed by atoms with van der Waals surface area (Å²) in [4.78, 5) is 2.42. The summed E-state index contributed by atoms with van der Waals surface area (Å²) in [5, 5.41) is 3.42. The first kappa shape index (κ1) is 14.6. The van der Waals surface area contributed by atoms with E-state index in [0.717, 1.165) is 18.8 Å². The van der Waals surface area contributed by atoms with Gasteiger partial charge in [0.05, 0.1) is 12.8 Å². The molecule has 0 bridgehead atoms. The largest absolute Gasteiger partial charge is 0.468 e. The highest BCUT2D eigenvalue weighted by molar-refractivity contribution is 7.98. The van der Waals surface area contributed by atoms with Crippen molar-refractivity contribution in [3.8, 4) is 0 Å². The van der Waals surface area contributed by atoms with Gasteiger partial charge in [0.25, 0.3) is 0 Å². The van der Waals surface area contributed by atoms with Crippen LogP contribution in [0, 0.1) is 0 Å². The van der Waals surface area contributed by atoms with E-state index in [0.29, 0.717) is 12.1 Å². The lowest BCUT2D eigenvalue weighted by Gasteiger charge is -2.30. The molecule has 0 aliphatic heterocycles. The summed E-state index contributed by atoms with van der Waals surface area (Å²) in [6, 6.07) is 5.07. The lowest BCUT2D eigenvalue weighted by Crippen LogP contribution is -2.43. The second-order valence-corrected chi connectivity index (χ2v) is 5.44. The van der Waals surface area contributed by atoms with Gasteiger partial charge in [-0.15, -0.1) is 0 Å². The van der Waals surface area contributed by atoms with Gasteiger partial charge in [-0.25, -0.2) is 0 Å². The van der Waals surface area contributed by atoms with Crippen molar-refractivity contribution in [1.29, 1.82) is 0 Å². The van der Waals surface area contributed by atoms with Crippen LogP contribution in [0.15, 0.2) is 22.8 Å². The molecule has 98 valence electrons. The molecule has 1 aromatic heterocycles. The molecule has 0 saturated heterocycles. The predicted molar refractivity (Wildman–Crippen MR) is 75.5 cm³/mol. The van der Waals surface area contributed by atoms with Crippen molar-refractivity contribution in [2.75, 3.05) is 25.6 Å². The summed E-state index contributed by atoms with van der Waals surface area (Å²) >= 11 is 1.90. The maximum absolute atomic E-state index is 5.28. The molecule has 1 aromatic rings. The van der Waals surface area contributed by atoms with Crippen molar-refractivity contribution in [2.45, 2.75) is 32.5 Å². The van der Waals surface area contributed by atoms with E-state index in [9.17, 15) is 0 Å². The lowest BCUT2D eigenvalue weighted by atomic mass is 10.2. The van der Waals surface area contributed by atoms with E-state index in [1.807, 2.05) is 23.9 Å². The standard InChI is InChI=1S/C13H24N2OS/c1-11(15(3)12(2)10-17-4)8-14-9-13-6-5-7-16-13/h5-7,11-12,14H,8-10H2,1-4H3. The van der Waals surface area contributed by atoms with E-state index in [4.69, 9.17) is 4.42 Å². The normalized spacial score (nSPS) is 15.1. The number of thioether (sulfide) groups is 1. The van der Waals surface area contributed by atoms with Crippen LogP contribution in [0.3, 0.4) is 0 Å². The third-order valence-electron chi connectivity index (χ3n) is 3.12. The number of rotatable bonds is 8. The number of hydrogen-bond acceptors (Lipinski definition) is 4. The van der Waals surface area contributed by atoms with E-state index in [1.54, 1.807) is 6.26 Å². The lowest BCUT2D eigenvalue weighted by molar-refractivity contribution is 0.205. The second kappa shape index (κ2) is 7.80. The molecular formula is C13H24N2OS. The van der Waals surface area contributed by atoms with Gasteiger partial charge in [-0.3, -0.25) is 4.90 Å². The molecule has 0 radical (unpaired) electrons. The monoisotopic (exact) mass is 256 g/mol. The zero-order chi connectivity index (χ0) is 12.7. The summed E-state index contributed by atoms with van der Waals surface area (Å²) < 4.78 is 5.28. The summed E-state index contributed by atoms with van der Waals surface area (Å²) in [6.45, 7) is 6.32. The van der Waals surface area contributed by atoms with Gasteiger partial charge in [0, 0.05) is 24.4 Å². The van der Waals surface area contributed by atoms with Gasteiger partial charge in [-0.2, -0.15) is 11.8 Å². The molecule has 0 amide bonds. The molecule has 0 fully saturated rings. The Morgan fingerprint density at radius 1 is 1.41 bits per heavy atom. The smallest absolute Gasteiger partial charge is 0.117 e. The Labute approximate surface area is 109 Å². The van der Waals surface area contributed by atoms with E-state index < -0.39 is 0 Å². The molecular weight excluding hydrogens is 232 g/mol. The zero-order valence-corrected chi connectivity index (χ0v) is 12.1. The van der Waals surface area contributed by atoms with Crippen molar-refractivity contribution < 1.29 is 4.42 Å². The van der Waals surface area contributed by atoms with Crippen LogP contribution in [0.5, 0.6) is 0 Å². The van der Waals surface area contributed by atoms with E-state index in [2.05, 4.69) is 37.4 Å². The zero-order valence-electron chi connectivity index (χ0n) is 11.3. The number of likely N-dealkylation sites (N-methyl/N-ethyl adjacent to an activating group) is 1. The molecule has 2 atom stereocenters. The molecule has 2 unspecified atom stereocenters. The minimum Gasteiger partial charge on any atom is -0.468 e. The molecule has 17 heavy (non-hydrogen) atoms. The van der Waals surface area contributed by atoms with Crippen LogP contribution in [-0.4, -0.2) is 42.6 Å². The Balaban J connectivity index is 2.21. The molecule has 4 heteroatoms. The van der Waals surface area contributed by atoms with E-state index >= 15 is 0 Å². The minimum atomic E-state index is 0.534. The van der Waals surface area contributed by atoms with E-state index in [1.165, 1.54) is 5.75 Å². The van der Waals surface area contributed by atoms with Gasteiger partial charge in [-0.05, 0) is 39.3 Å². The molecule has 0 aliphatic rings. The summed E-state index contributed by atoms with van der Waals surface area (Å²) in [5.41, 5.74) is 0. The predicted octanol–water partition coefficient (Wildman–Crippen LogP) is 2.44. The molecule has 0 spiro atoms. The van der Waals surface area contributed by atoms with Crippen LogP contribution >= 0.6 is 11.8 Å². The van der Waals surface area contributed by atoms with Crippen molar-refractivity contribution in [3.05, 3.63) is 24.2 Å². The van der Waals surface area contributed by atoms with Crippen molar-refractivity contribution in [2.24, 2.45) is 0 Å². The Morgan fingerprint density at radius 2 is 2.18 bits per heavy atom. The maximum atomic E-state index is 5.28. The van der Waals surface area contributed by atoms with Crippen LogP contribution in [0.1, 0.15) is 19.6 Å². The molecule has 1 N–H and O–H groups in total. The average molecular weight is 256 g/mol. The third-order valence-corrected chi connectivity index (χ3v) is 3.93. The highest BCUT2D eigenvalue weighted by Gasteiger charge is 2.14. The molecule has 0 aromatic carbocycles. The number of nitrogens with zero attached hydrogens (tertiary/aromatic N) is 1. The van der Waals surface area contributed by atoms with Gasteiger partial charge in [0.1, 0.15) is 5.76 Å². The molecule has 1 heterocycles. The van der Waals surface area contributed by atoms with Gasteiger partial charge < -0.3 is 9.73 Å². The van der Waals surface area contributed by atoms with Crippen LogP contribution in [0.25, 0.3) is 0 Å². The molecule has 0 aliphatic carbocycles. The Kier molecular flexibility index (Phi) is 6.70. The fourth-order valence-electron chi connectivity index (χ4n) is 1.75. The number of hydrogen-bond donors (Lipinski definition) is 1. The average Bonchev–Trinajstić information content (AvgIpc) is 2.81. The number of furan rings is 1. The fraction of sp³-hybridized carbons (Fsp3) is 0.692. The highest BCUT2D eigenvalue weighted by atomic mass is 32.2. The van der Waals surface area contributed by atoms with Gasteiger partial charge in [0.15, 0.2) is 0 Å². The van der Waals surface area contributed by atoms with Gasteiger partial charge in [0.2, 0.25) is 0 Å². The van der Waals surface area contributed by atoms with Crippen LogP contribution < -0.4 is 5.32 Å². The second-order valence-electron chi connectivity index (χ2n) is 4.53. The first-order valence-corrected chi connectivity index (χ1v) is 7.48. The molecule has 0 saturated carbocycles. The van der Waals surface area contributed by atoms with Gasteiger partial charge in [-0.1, -0.05) is 0 Å². The van der Waals surface area contributed by atoms with E-state index in [-0.39, 0.29) is 0 Å². The van der Waals surface area contributed by atoms with Crippen molar-refractivity contribution >= 4 is 11.8 Å². The summed E-state index contributed by atoms with van der Waals surface area (Å²) in [6.07, 6.45) is 3.87. The molecule has 1 rings (SSSR count). The summed E-state index contributed by atoms with van der Waals surface area (Å²) in [5.74, 6) is 2.18. The topological polar surface area (TPSA) is 28.4 Å². The maximum Gasteiger partial charge on any atom is 0.117 e. The SMILES string of the molecule is CSCC(C)N(C)C(C)CNCc1ccco1. The minimum absolute atomic E-state index is 0.534. The van der Waals surface area contributed by atoms with Crippen molar-refractivity contribution in [1.82, 2.24) is 10.2 Å². The summed E-state index contributed by atoms with van der Waals surface area (Å²) in [7, 11) is 2.19. The Morgan fingerprint density at radius 3 is 2.76 bits per heavy atom. The number of nitrogens with one attached hydrogen (secondary N) is 1. The van der Waals surface area contributed by atoms with Crippen LogP contribution in [-0.2, 0) is 6.54 Å².